The molecule has 2 aliphatic carbocycles. The SMILES string of the molecule is ClC1CCC(CNCC2CCCCC2)C1. The minimum absolute atomic E-state index is 0.464. The zero-order valence-electron chi connectivity index (χ0n) is 9.68. The fourth-order valence-corrected chi connectivity index (χ4v) is 3.46. The summed E-state index contributed by atoms with van der Waals surface area (Å²) in [5.41, 5.74) is 0. The number of hydrogen-bond acceptors (Lipinski definition) is 1. The highest BCUT2D eigenvalue weighted by Crippen LogP contribution is 2.29. The zero-order valence-corrected chi connectivity index (χ0v) is 10.4. The summed E-state index contributed by atoms with van der Waals surface area (Å²) < 4.78 is 0. The van der Waals surface area contributed by atoms with E-state index in [9.17, 15) is 0 Å². The lowest BCUT2D eigenvalue weighted by Crippen LogP contribution is -2.28. The monoisotopic (exact) mass is 229 g/mol. The summed E-state index contributed by atoms with van der Waals surface area (Å²) in [7, 11) is 0. The Bertz CT molecular complexity index is 173. The van der Waals surface area contributed by atoms with Crippen LogP contribution in [-0.4, -0.2) is 18.5 Å². The van der Waals surface area contributed by atoms with Crippen molar-refractivity contribution < 1.29 is 0 Å². The predicted molar refractivity (Wildman–Crippen MR) is 66.4 cm³/mol. The van der Waals surface area contributed by atoms with Crippen LogP contribution in [0, 0.1) is 11.8 Å². The van der Waals surface area contributed by atoms with Crippen LogP contribution in [0.25, 0.3) is 0 Å². The van der Waals surface area contributed by atoms with Crippen molar-refractivity contribution in [3.8, 4) is 0 Å². The first kappa shape index (κ1) is 11.7. The highest BCUT2D eigenvalue weighted by Gasteiger charge is 2.22. The second-order valence-corrected chi connectivity index (χ2v) is 6.06. The number of halogens is 1. The highest BCUT2D eigenvalue weighted by atomic mass is 35.5. The van der Waals surface area contributed by atoms with Gasteiger partial charge in [-0.2, -0.15) is 0 Å². The van der Waals surface area contributed by atoms with Gasteiger partial charge >= 0.3 is 0 Å². The first-order chi connectivity index (χ1) is 7.34. The van der Waals surface area contributed by atoms with Crippen LogP contribution in [0.4, 0.5) is 0 Å². The lowest BCUT2D eigenvalue weighted by atomic mass is 9.89. The van der Waals surface area contributed by atoms with Crippen LogP contribution >= 0.6 is 11.6 Å². The van der Waals surface area contributed by atoms with Crippen molar-refractivity contribution in [2.75, 3.05) is 13.1 Å². The largest absolute Gasteiger partial charge is 0.316 e. The predicted octanol–water partition coefficient (Wildman–Crippen LogP) is 3.56. The van der Waals surface area contributed by atoms with Crippen LogP contribution < -0.4 is 5.32 Å². The standard InChI is InChI=1S/C13H24ClN/c14-13-7-6-12(8-13)10-15-9-11-4-2-1-3-5-11/h11-13,15H,1-10H2. The summed E-state index contributed by atoms with van der Waals surface area (Å²) in [5.74, 6) is 1.82. The molecule has 0 aromatic carbocycles. The Morgan fingerprint density at radius 2 is 1.60 bits per heavy atom. The van der Waals surface area contributed by atoms with E-state index in [1.54, 1.807) is 0 Å². The number of rotatable bonds is 4. The third-order valence-electron chi connectivity index (χ3n) is 4.07. The van der Waals surface area contributed by atoms with E-state index in [1.165, 1.54) is 64.5 Å². The maximum atomic E-state index is 6.11. The molecule has 0 aromatic rings. The molecule has 0 heterocycles. The van der Waals surface area contributed by atoms with Crippen LogP contribution in [0.1, 0.15) is 51.4 Å². The Morgan fingerprint density at radius 3 is 2.27 bits per heavy atom. The van der Waals surface area contributed by atoms with Gasteiger partial charge in [0.25, 0.3) is 0 Å². The fourth-order valence-electron chi connectivity index (χ4n) is 3.08. The van der Waals surface area contributed by atoms with E-state index in [1.807, 2.05) is 0 Å². The molecular formula is C13H24ClN. The third kappa shape index (κ3) is 3.96. The second kappa shape index (κ2) is 6.10. The Labute approximate surface area is 99.0 Å². The van der Waals surface area contributed by atoms with E-state index in [0.717, 1.165) is 11.8 Å². The van der Waals surface area contributed by atoms with Crippen molar-refractivity contribution in [2.24, 2.45) is 11.8 Å². The van der Waals surface area contributed by atoms with Gasteiger partial charge in [-0.3, -0.25) is 0 Å². The zero-order chi connectivity index (χ0) is 10.5. The summed E-state index contributed by atoms with van der Waals surface area (Å²) >= 11 is 6.11. The Balaban J connectivity index is 1.54. The minimum atomic E-state index is 0.464. The maximum Gasteiger partial charge on any atom is 0.0339 e. The molecule has 0 saturated heterocycles. The van der Waals surface area contributed by atoms with E-state index in [0.29, 0.717) is 5.38 Å². The smallest absolute Gasteiger partial charge is 0.0339 e. The van der Waals surface area contributed by atoms with Gasteiger partial charge in [0.2, 0.25) is 0 Å². The van der Waals surface area contributed by atoms with Crippen LogP contribution in [0.15, 0.2) is 0 Å². The molecule has 1 N–H and O–H groups in total. The van der Waals surface area contributed by atoms with Crippen molar-refractivity contribution in [1.82, 2.24) is 5.32 Å². The lowest BCUT2D eigenvalue weighted by molar-refractivity contribution is 0.332. The van der Waals surface area contributed by atoms with Gasteiger partial charge in [0.1, 0.15) is 0 Å². The second-order valence-electron chi connectivity index (χ2n) is 5.44. The molecule has 0 amide bonds. The van der Waals surface area contributed by atoms with Crippen molar-refractivity contribution >= 4 is 11.6 Å². The molecule has 2 rings (SSSR count). The van der Waals surface area contributed by atoms with Gasteiger partial charge in [0.05, 0.1) is 0 Å². The van der Waals surface area contributed by atoms with Gasteiger partial charge < -0.3 is 5.32 Å². The molecule has 2 aliphatic rings. The molecule has 2 fully saturated rings. The first-order valence-corrected chi connectivity index (χ1v) is 7.13. The van der Waals surface area contributed by atoms with Gasteiger partial charge in [0, 0.05) is 5.38 Å². The fraction of sp³-hybridized carbons (Fsp3) is 1.00. The maximum absolute atomic E-state index is 6.11. The van der Waals surface area contributed by atoms with Crippen LogP contribution in [-0.2, 0) is 0 Å². The Hall–Kier alpha value is 0.250. The van der Waals surface area contributed by atoms with Gasteiger partial charge in [-0.25, -0.2) is 0 Å². The lowest BCUT2D eigenvalue weighted by Gasteiger charge is -2.22. The van der Waals surface area contributed by atoms with E-state index >= 15 is 0 Å². The molecule has 0 radical (unpaired) electrons. The van der Waals surface area contributed by atoms with Gasteiger partial charge in [-0.1, -0.05) is 19.3 Å². The molecular weight excluding hydrogens is 206 g/mol. The van der Waals surface area contributed by atoms with Gasteiger partial charge in [-0.15, -0.1) is 11.6 Å². The van der Waals surface area contributed by atoms with Gasteiger partial charge in [0.15, 0.2) is 0 Å². The first-order valence-electron chi connectivity index (χ1n) is 6.69. The summed E-state index contributed by atoms with van der Waals surface area (Å²) in [4.78, 5) is 0. The molecule has 88 valence electrons. The summed E-state index contributed by atoms with van der Waals surface area (Å²) in [5, 5.41) is 4.12. The average molecular weight is 230 g/mol. The quantitative estimate of drug-likeness (QED) is 0.727. The van der Waals surface area contributed by atoms with E-state index < -0.39 is 0 Å². The molecule has 0 spiro atoms. The summed E-state index contributed by atoms with van der Waals surface area (Å²) in [6.07, 6.45) is 11.1. The van der Waals surface area contributed by atoms with Crippen LogP contribution in [0.5, 0.6) is 0 Å². The van der Waals surface area contributed by atoms with Gasteiger partial charge in [-0.05, 0) is 57.0 Å². The highest BCUT2D eigenvalue weighted by molar-refractivity contribution is 6.20. The normalized spacial score (nSPS) is 33.4. The number of alkyl halides is 1. The summed E-state index contributed by atoms with van der Waals surface area (Å²) in [6, 6.07) is 0. The van der Waals surface area contributed by atoms with E-state index in [-0.39, 0.29) is 0 Å². The Morgan fingerprint density at radius 1 is 0.867 bits per heavy atom. The molecule has 0 aliphatic heterocycles. The van der Waals surface area contributed by atoms with Crippen molar-refractivity contribution in [1.29, 1.82) is 0 Å². The van der Waals surface area contributed by atoms with Crippen molar-refractivity contribution in [2.45, 2.75) is 56.7 Å². The molecule has 0 aromatic heterocycles. The van der Waals surface area contributed by atoms with E-state index in [2.05, 4.69) is 5.32 Å². The molecule has 1 nitrogen and oxygen atoms in total. The molecule has 2 unspecified atom stereocenters. The number of nitrogens with one attached hydrogen (secondary N) is 1. The topological polar surface area (TPSA) is 12.0 Å². The van der Waals surface area contributed by atoms with Crippen molar-refractivity contribution in [3.63, 3.8) is 0 Å². The van der Waals surface area contributed by atoms with Crippen LogP contribution in [0.2, 0.25) is 0 Å². The molecule has 2 saturated carbocycles. The molecule has 2 heteroatoms. The molecule has 15 heavy (non-hydrogen) atoms. The average Bonchev–Trinajstić information content (AvgIpc) is 2.66. The molecule has 0 bridgehead atoms. The summed E-state index contributed by atoms with van der Waals surface area (Å²) in [6.45, 7) is 2.46. The number of hydrogen-bond donors (Lipinski definition) is 1. The van der Waals surface area contributed by atoms with E-state index in [4.69, 9.17) is 11.6 Å². The molecule has 2 atom stereocenters. The minimum Gasteiger partial charge on any atom is -0.316 e. The van der Waals surface area contributed by atoms with Crippen LogP contribution in [0.3, 0.4) is 0 Å². The third-order valence-corrected chi connectivity index (χ3v) is 4.46. The van der Waals surface area contributed by atoms with Crippen molar-refractivity contribution in [3.05, 3.63) is 0 Å². The Kier molecular flexibility index (Phi) is 4.77.